The van der Waals surface area contributed by atoms with Gasteiger partial charge in [-0.3, -0.25) is 0 Å². The zero-order valence-electron chi connectivity index (χ0n) is 8.62. The van der Waals surface area contributed by atoms with Crippen LogP contribution in [0.25, 0.3) is 0 Å². The third-order valence-corrected chi connectivity index (χ3v) is 3.44. The van der Waals surface area contributed by atoms with Crippen LogP contribution in [-0.4, -0.2) is 5.79 Å². The van der Waals surface area contributed by atoms with Gasteiger partial charge in [-0.2, -0.15) is 5.26 Å². The van der Waals surface area contributed by atoms with Crippen LogP contribution in [0.15, 0.2) is 12.1 Å². The molecule has 0 atom stereocenters. The number of nitrogens with zero attached hydrogens (tertiary/aromatic N) is 1. The minimum Gasteiger partial charge on any atom is -0.448 e. The molecule has 0 bridgehead atoms. The second-order valence-corrected chi connectivity index (χ2v) is 4.60. The summed E-state index contributed by atoms with van der Waals surface area (Å²) in [6.45, 7) is 0. The highest BCUT2D eigenvalue weighted by molar-refractivity contribution is 6.31. The van der Waals surface area contributed by atoms with Crippen molar-refractivity contribution in [2.75, 3.05) is 0 Å². The van der Waals surface area contributed by atoms with Crippen LogP contribution in [0.1, 0.15) is 24.8 Å². The zero-order valence-corrected chi connectivity index (χ0v) is 9.38. The van der Waals surface area contributed by atoms with Gasteiger partial charge < -0.3 is 9.47 Å². The number of hydrogen-bond acceptors (Lipinski definition) is 3. The van der Waals surface area contributed by atoms with E-state index in [1.165, 1.54) is 0 Å². The molecule has 0 radical (unpaired) electrons. The van der Waals surface area contributed by atoms with E-state index < -0.39 is 5.79 Å². The first kappa shape index (κ1) is 9.80. The number of nitriles is 1. The van der Waals surface area contributed by atoms with Gasteiger partial charge in [0.1, 0.15) is 0 Å². The summed E-state index contributed by atoms with van der Waals surface area (Å²) in [7, 11) is 0. The number of hydrogen-bond donors (Lipinski definition) is 0. The predicted octanol–water partition coefficient (Wildman–Crippen LogP) is 3.06. The van der Waals surface area contributed by atoms with E-state index in [1.807, 2.05) is 6.07 Å². The molecule has 0 aromatic heterocycles. The van der Waals surface area contributed by atoms with E-state index in [1.54, 1.807) is 6.07 Å². The highest BCUT2D eigenvalue weighted by Crippen LogP contribution is 2.49. The van der Waals surface area contributed by atoms with Crippen molar-refractivity contribution in [1.82, 2.24) is 0 Å². The molecule has 82 valence electrons. The molecule has 1 heterocycles. The van der Waals surface area contributed by atoms with Gasteiger partial charge >= 0.3 is 0 Å². The zero-order chi connectivity index (χ0) is 11.2. The van der Waals surface area contributed by atoms with Gasteiger partial charge in [-0.15, -0.1) is 0 Å². The van der Waals surface area contributed by atoms with Gasteiger partial charge in [0.2, 0.25) is 0 Å². The van der Waals surface area contributed by atoms with E-state index in [2.05, 4.69) is 6.07 Å². The lowest BCUT2D eigenvalue weighted by Crippen LogP contribution is -2.45. The summed E-state index contributed by atoms with van der Waals surface area (Å²) >= 11 is 6.05. The first-order valence-corrected chi connectivity index (χ1v) is 5.68. The molecule has 1 fully saturated rings. The molecule has 0 N–H and O–H groups in total. The molecule has 0 amide bonds. The SMILES string of the molecule is N#CCc1cc2c(cc1Cl)OC1(CCC1)O2. The monoisotopic (exact) mass is 235 g/mol. The van der Waals surface area contributed by atoms with Crippen molar-refractivity contribution in [2.24, 2.45) is 0 Å². The molecule has 1 aromatic carbocycles. The lowest BCUT2D eigenvalue weighted by molar-refractivity contribution is -0.138. The van der Waals surface area contributed by atoms with Crippen LogP contribution in [0, 0.1) is 11.3 Å². The minimum atomic E-state index is -0.434. The van der Waals surface area contributed by atoms with Crippen molar-refractivity contribution in [3.05, 3.63) is 22.7 Å². The van der Waals surface area contributed by atoms with Gasteiger partial charge in [-0.25, -0.2) is 0 Å². The molecule has 3 rings (SSSR count). The van der Waals surface area contributed by atoms with Gasteiger partial charge in [-0.05, 0) is 18.1 Å². The molecule has 4 heteroatoms. The molecule has 1 spiro atoms. The molecule has 1 aromatic rings. The van der Waals surface area contributed by atoms with Crippen molar-refractivity contribution < 1.29 is 9.47 Å². The summed E-state index contributed by atoms with van der Waals surface area (Å²) in [6.07, 6.45) is 3.27. The van der Waals surface area contributed by atoms with E-state index in [0.29, 0.717) is 22.9 Å². The van der Waals surface area contributed by atoms with Gasteiger partial charge in [0.05, 0.1) is 12.5 Å². The Hall–Kier alpha value is -1.40. The molecular formula is C12H10ClNO2. The Morgan fingerprint density at radius 1 is 1.31 bits per heavy atom. The minimum absolute atomic E-state index is 0.294. The molecule has 16 heavy (non-hydrogen) atoms. The molecule has 0 saturated heterocycles. The maximum absolute atomic E-state index is 8.67. The maximum Gasteiger partial charge on any atom is 0.251 e. The maximum atomic E-state index is 8.67. The largest absolute Gasteiger partial charge is 0.448 e. The van der Waals surface area contributed by atoms with E-state index in [0.717, 1.165) is 24.8 Å². The van der Waals surface area contributed by atoms with E-state index in [-0.39, 0.29) is 0 Å². The number of rotatable bonds is 1. The number of fused-ring (bicyclic) bond motifs is 1. The van der Waals surface area contributed by atoms with Crippen LogP contribution in [-0.2, 0) is 6.42 Å². The Bertz CT molecular complexity index is 489. The fourth-order valence-corrected chi connectivity index (χ4v) is 2.27. The van der Waals surface area contributed by atoms with Gasteiger partial charge in [0, 0.05) is 23.9 Å². The number of halogens is 1. The first-order valence-electron chi connectivity index (χ1n) is 5.30. The second-order valence-electron chi connectivity index (χ2n) is 4.19. The Labute approximate surface area is 98.5 Å². The third kappa shape index (κ3) is 1.34. The Kier molecular flexibility index (Phi) is 2.02. The van der Waals surface area contributed by atoms with E-state index in [9.17, 15) is 0 Å². The third-order valence-electron chi connectivity index (χ3n) is 3.09. The Morgan fingerprint density at radius 2 is 2.00 bits per heavy atom. The standard InChI is InChI=1S/C12H10ClNO2/c13-9-7-11-10(6-8(9)2-5-14)15-12(16-11)3-1-4-12/h6-7H,1-4H2. The van der Waals surface area contributed by atoms with Crippen LogP contribution in [0.4, 0.5) is 0 Å². The smallest absolute Gasteiger partial charge is 0.251 e. The first-order chi connectivity index (χ1) is 7.72. The molecule has 1 aliphatic carbocycles. The summed E-state index contributed by atoms with van der Waals surface area (Å²) in [6, 6.07) is 5.64. The van der Waals surface area contributed by atoms with Gasteiger partial charge in [0.15, 0.2) is 11.5 Å². The Morgan fingerprint density at radius 3 is 2.56 bits per heavy atom. The van der Waals surface area contributed by atoms with Crippen molar-refractivity contribution in [1.29, 1.82) is 5.26 Å². The quantitative estimate of drug-likeness (QED) is 0.751. The highest BCUT2D eigenvalue weighted by atomic mass is 35.5. The molecule has 1 saturated carbocycles. The molecule has 0 unspecified atom stereocenters. The van der Waals surface area contributed by atoms with Crippen LogP contribution < -0.4 is 9.47 Å². The lowest BCUT2D eigenvalue weighted by atomic mass is 9.91. The van der Waals surface area contributed by atoms with Crippen molar-refractivity contribution in [3.8, 4) is 17.6 Å². The van der Waals surface area contributed by atoms with E-state index in [4.69, 9.17) is 26.3 Å². The predicted molar refractivity (Wildman–Crippen MR) is 58.6 cm³/mol. The van der Waals surface area contributed by atoms with Crippen LogP contribution in [0.5, 0.6) is 11.5 Å². The Balaban J connectivity index is 1.96. The average molecular weight is 236 g/mol. The van der Waals surface area contributed by atoms with Crippen LogP contribution in [0.3, 0.4) is 0 Å². The number of ether oxygens (including phenoxy) is 2. The van der Waals surface area contributed by atoms with E-state index >= 15 is 0 Å². The lowest BCUT2D eigenvalue weighted by Gasteiger charge is -2.35. The topological polar surface area (TPSA) is 42.2 Å². The fraction of sp³-hybridized carbons (Fsp3) is 0.417. The molecule has 2 aliphatic rings. The molecule has 1 aliphatic heterocycles. The summed E-state index contributed by atoms with van der Waals surface area (Å²) in [4.78, 5) is 0. The fourth-order valence-electron chi connectivity index (χ4n) is 2.05. The average Bonchev–Trinajstić information content (AvgIpc) is 2.57. The summed E-state index contributed by atoms with van der Waals surface area (Å²) in [5, 5.41) is 9.24. The summed E-state index contributed by atoms with van der Waals surface area (Å²) < 4.78 is 11.5. The van der Waals surface area contributed by atoms with Crippen LogP contribution in [0.2, 0.25) is 5.02 Å². The van der Waals surface area contributed by atoms with Gasteiger partial charge in [0.25, 0.3) is 5.79 Å². The number of benzene rings is 1. The van der Waals surface area contributed by atoms with Crippen molar-refractivity contribution in [2.45, 2.75) is 31.5 Å². The highest BCUT2D eigenvalue weighted by Gasteiger charge is 2.47. The molecular weight excluding hydrogens is 226 g/mol. The molecule has 3 nitrogen and oxygen atoms in total. The summed E-state index contributed by atoms with van der Waals surface area (Å²) in [5.41, 5.74) is 0.794. The van der Waals surface area contributed by atoms with Crippen molar-refractivity contribution in [3.63, 3.8) is 0 Å². The van der Waals surface area contributed by atoms with Crippen LogP contribution >= 0.6 is 11.6 Å². The van der Waals surface area contributed by atoms with Crippen molar-refractivity contribution >= 4 is 11.6 Å². The van der Waals surface area contributed by atoms with Gasteiger partial charge in [-0.1, -0.05) is 11.6 Å². The normalized spacial score (nSPS) is 19.2. The second kappa shape index (κ2) is 3.29. The summed E-state index contributed by atoms with van der Waals surface area (Å²) in [5.74, 6) is 0.984.